The Labute approximate surface area is 144 Å². The maximum absolute atomic E-state index is 12.3. The van der Waals surface area contributed by atoms with E-state index in [9.17, 15) is 4.79 Å². The van der Waals surface area contributed by atoms with Crippen LogP contribution in [0.15, 0.2) is 46.9 Å². The number of ether oxygens (including phenoxy) is 1. The summed E-state index contributed by atoms with van der Waals surface area (Å²) in [6.45, 7) is 2.82. The summed E-state index contributed by atoms with van der Waals surface area (Å²) in [7, 11) is 0. The quantitative estimate of drug-likeness (QED) is 0.584. The number of rotatable bonds is 5. The molecule has 4 heteroatoms. The van der Waals surface area contributed by atoms with Crippen LogP contribution >= 0.6 is 15.9 Å². The Hall–Kier alpha value is -2.07. The normalized spacial score (nSPS) is 14.7. The number of halogens is 1. The number of carbonyl (C=O) groups is 1. The average molecular weight is 372 g/mol. The predicted molar refractivity (Wildman–Crippen MR) is 97.5 cm³/mol. The predicted octanol–water partition coefficient (Wildman–Crippen LogP) is 5.12. The molecule has 0 atom stereocenters. The first-order chi connectivity index (χ1) is 11.2. The van der Waals surface area contributed by atoms with Gasteiger partial charge in [0.15, 0.2) is 0 Å². The molecule has 23 heavy (non-hydrogen) atoms. The Morgan fingerprint density at radius 2 is 2.04 bits per heavy atom. The van der Waals surface area contributed by atoms with E-state index in [1.165, 1.54) is 0 Å². The van der Waals surface area contributed by atoms with E-state index in [1.54, 1.807) is 0 Å². The average Bonchev–Trinajstić information content (AvgIpc) is 2.85. The number of carbonyl (C=O) groups excluding carboxylic acids is 1. The molecular formula is C19H18BrNO2. The number of anilines is 1. The molecule has 0 bridgehead atoms. The number of hydrogen-bond donors (Lipinski definition) is 1. The fourth-order valence-electron chi connectivity index (χ4n) is 2.52. The highest BCUT2D eigenvalue weighted by Gasteiger charge is 2.24. The van der Waals surface area contributed by atoms with Crippen molar-refractivity contribution in [3.8, 4) is 5.75 Å². The first-order valence-corrected chi connectivity index (χ1v) is 8.53. The second-order valence-electron chi connectivity index (χ2n) is 5.44. The van der Waals surface area contributed by atoms with Crippen molar-refractivity contribution >= 4 is 39.2 Å². The van der Waals surface area contributed by atoms with E-state index in [4.69, 9.17) is 4.74 Å². The standard InChI is InChI=1S/C19H18BrNO2/c1-2-3-10-23-18-7-5-4-6-13(18)11-16-15-12-14(20)8-9-17(15)21-19(16)22/h4-9,11-12H,2-3,10H2,1H3,(H,21,22)/b16-11+. The minimum Gasteiger partial charge on any atom is -0.493 e. The summed E-state index contributed by atoms with van der Waals surface area (Å²) in [6, 6.07) is 13.6. The van der Waals surface area contributed by atoms with Crippen LogP contribution in [0.4, 0.5) is 5.69 Å². The fourth-order valence-corrected chi connectivity index (χ4v) is 2.88. The molecule has 0 unspecified atom stereocenters. The maximum atomic E-state index is 12.3. The van der Waals surface area contributed by atoms with Gasteiger partial charge in [-0.15, -0.1) is 0 Å². The first kappa shape index (κ1) is 15.8. The molecule has 0 aromatic heterocycles. The zero-order valence-corrected chi connectivity index (χ0v) is 14.5. The van der Waals surface area contributed by atoms with Gasteiger partial charge in [-0.1, -0.05) is 47.5 Å². The van der Waals surface area contributed by atoms with Crippen LogP contribution in [0.1, 0.15) is 30.9 Å². The smallest absolute Gasteiger partial charge is 0.256 e. The van der Waals surface area contributed by atoms with Crippen molar-refractivity contribution in [1.29, 1.82) is 0 Å². The molecule has 3 nitrogen and oxygen atoms in total. The van der Waals surface area contributed by atoms with Gasteiger partial charge in [0, 0.05) is 26.9 Å². The second kappa shape index (κ2) is 7.01. The van der Waals surface area contributed by atoms with E-state index in [2.05, 4.69) is 28.2 Å². The van der Waals surface area contributed by atoms with Crippen LogP contribution in [0.3, 0.4) is 0 Å². The van der Waals surface area contributed by atoms with Crippen molar-refractivity contribution < 1.29 is 9.53 Å². The summed E-state index contributed by atoms with van der Waals surface area (Å²) in [5, 5.41) is 2.90. The highest BCUT2D eigenvalue weighted by Crippen LogP contribution is 2.36. The summed E-state index contributed by atoms with van der Waals surface area (Å²) < 4.78 is 6.80. The molecule has 1 amide bonds. The SMILES string of the molecule is CCCCOc1ccccc1/C=C1/C(=O)Nc2ccc(Br)cc21. The molecular weight excluding hydrogens is 354 g/mol. The lowest BCUT2D eigenvalue weighted by molar-refractivity contribution is -0.110. The van der Waals surface area contributed by atoms with Crippen LogP contribution in [0.5, 0.6) is 5.75 Å². The van der Waals surface area contributed by atoms with Crippen molar-refractivity contribution in [2.24, 2.45) is 0 Å². The van der Waals surface area contributed by atoms with Crippen molar-refractivity contribution in [3.05, 3.63) is 58.1 Å². The molecule has 2 aromatic rings. The number of benzene rings is 2. The molecule has 1 N–H and O–H groups in total. The summed E-state index contributed by atoms with van der Waals surface area (Å²) in [6.07, 6.45) is 4.00. The van der Waals surface area contributed by atoms with E-state index in [0.29, 0.717) is 12.2 Å². The van der Waals surface area contributed by atoms with Gasteiger partial charge in [0.2, 0.25) is 0 Å². The van der Waals surface area contributed by atoms with Gasteiger partial charge in [0.05, 0.1) is 6.61 Å². The number of unbranched alkanes of at least 4 members (excludes halogenated alkanes) is 1. The Morgan fingerprint density at radius 3 is 2.87 bits per heavy atom. The van der Waals surface area contributed by atoms with Crippen LogP contribution in [-0.2, 0) is 4.79 Å². The van der Waals surface area contributed by atoms with Gasteiger partial charge in [0.1, 0.15) is 5.75 Å². The minimum atomic E-state index is -0.0820. The molecule has 2 aromatic carbocycles. The topological polar surface area (TPSA) is 38.3 Å². The van der Waals surface area contributed by atoms with Crippen molar-refractivity contribution in [2.45, 2.75) is 19.8 Å². The number of amides is 1. The van der Waals surface area contributed by atoms with E-state index in [1.807, 2.05) is 48.5 Å². The zero-order valence-electron chi connectivity index (χ0n) is 12.9. The van der Waals surface area contributed by atoms with Crippen molar-refractivity contribution in [3.63, 3.8) is 0 Å². The van der Waals surface area contributed by atoms with E-state index in [-0.39, 0.29) is 5.91 Å². The molecule has 0 aliphatic carbocycles. The maximum Gasteiger partial charge on any atom is 0.256 e. The summed E-state index contributed by atoms with van der Waals surface area (Å²) in [5.41, 5.74) is 3.33. The Bertz CT molecular complexity index is 768. The highest BCUT2D eigenvalue weighted by molar-refractivity contribution is 9.10. The third-order valence-corrected chi connectivity index (χ3v) is 4.23. The summed E-state index contributed by atoms with van der Waals surface area (Å²) in [4.78, 5) is 12.3. The van der Waals surface area contributed by atoms with E-state index >= 15 is 0 Å². The lowest BCUT2D eigenvalue weighted by Gasteiger charge is -2.09. The fraction of sp³-hybridized carbons (Fsp3) is 0.211. The Morgan fingerprint density at radius 1 is 1.22 bits per heavy atom. The van der Waals surface area contributed by atoms with Gasteiger partial charge in [0.25, 0.3) is 5.91 Å². The number of fused-ring (bicyclic) bond motifs is 1. The number of hydrogen-bond acceptors (Lipinski definition) is 2. The largest absolute Gasteiger partial charge is 0.493 e. The van der Waals surface area contributed by atoms with Crippen LogP contribution in [-0.4, -0.2) is 12.5 Å². The summed E-state index contributed by atoms with van der Waals surface area (Å²) in [5.74, 6) is 0.728. The van der Waals surface area contributed by atoms with Gasteiger partial charge >= 0.3 is 0 Å². The molecule has 1 aliphatic rings. The molecule has 0 saturated heterocycles. The number of nitrogens with one attached hydrogen (secondary N) is 1. The molecule has 118 valence electrons. The van der Waals surface area contributed by atoms with Gasteiger partial charge in [-0.05, 0) is 36.8 Å². The minimum absolute atomic E-state index is 0.0820. The van der Waals surface area contributed by atoms with E-state index in [0.717, 1.165) is 39.9 Å². The monoisotopic (exact) mass is 371 g/mol. The van der Waals surface area contributed by atoms with Crippen LogP contribution in [0, 0.1) is 0 Å². The van der Waals surface area contributed by atoms with Crippen molar-refractivity contribution in [2.75, 3.05) is 11.9 Å². The molecule has 1 heterocycles. The van der Waals surface area contributed by atoms with Crippen LogP contribution < -0.4 is 10.1 Å². The van der Waals surface area contributed by atoms with Gasteiger partial charge in [-0.2, -0.15) is 0 Å². The Balaban J connectivity index is 1.96. The second-order valence-corrected chi connectivity index (χ2v) is 6.36. The molecule has 0 radical (unpaired) electrons. The summed E-state index contributed by atoms with van der Waals surface area (Å²) >= 11 is 3.46. The third kappa shape index (κ3) is 3.48. The molecule has 1 aliphatic heterocycles. The third-order valence-electron chi connectivity index (χ3n) is 3.74. The molecule has 0 fully saturated rings. The molecule has 0 spiro atoms. The molecule has 0 saturated carbocycles. The van der Waals surface area contributed by atoms with Crippen LogP contribution in [0.2, 0.25) is 0 Å². The zero-order chi connectivity index (χ0) is 16.2. The Kier molecular flexibility index (Phi) is 4.82. The van der Waals surface area contributed by atoms with Gasteiger partial charge in [-0.25, -0.2) is 0 Å². The lowest BCUT2D eigenvalue weighted by Crippen LogP contribution is -2.04. The van der Waals surface area contributed by atoms with Gasteiger partial charge in [-0.3, -0.25) is 4.79 Å². The lowest BCUT2D eigenvalue weighted by atomic mass is 10.0. The first-order valence-electron chi connectivity index (χ1n) is 7.74. The van der Waals surface area contributed by atoms with Crippen molar-refractivity contribution in [1.82, 2.24) is 0 Å². The van der Waals surface area contributed by atoms with Gasteiger partial charge < -0.3 is 10.1 Å². The molecule has 3 rings (SSSR count). The number of para-hydroxylation sites is 1. The van der Waals surface area contributed by atoms with Crippen LogP contribution in [0.25, 0.3) is 11.6 Å². The highest BCUT2D eigenvalue weighted by atomic mass is 79.9. The van der Waals surface area contributed by atoms with E-state index < -0.39 is 0 Å².